The molecule has 148 valence electrons. The molecule has 0 saturated carbocycles. The Kier molecular flexibility index (Phi) is 6.33. The minimum Gasteiger partial charge on any atom is -0.326 e. The molecule has 1 aromatic heterocycles. The summed E-state index contributed by atoms with van der Waals surface area (Å²) in [6.45, 7) is 2.68. The molecule has 4 rings (SSSR count). The van der Waals surface area contributed by atoms with E-state index in [1.54, 1.807) is 6.07 Å². The van der Waals surface area contributed by atoms with Crippen LogP contribution < -0.4 is 16.2 Å². The molecule has 2 aromatic rings. The fourth-order valence-electron chi connectivity index (χ4n) is 4.08. The normalized spacial score (nSPS) is 24.4. The van der Waals surface area contributed by atoms with Gasteiger partial charge in [0.1, 0.15) is 0 Å². The van der Waals surface area contributed by atoms with Crippen LogP contribution in [0.25, 0.3) is 10.9 Å². The van der Waals surface area contributed by atoms with Gasteiger partial charge in [0.15, 0.2) is 5.43 Å². The summed E-state index contributed by atoms with van der Waals surface area (Å²) in [6, 6.07) is 9.78. The van der Waals surface area contributed by atoms with Gasteiger partial charge in [0, 0.05) is 52.0 Å². The molecule has 5 nitrogen and oxygen atoms in total. The third-order valence-corrected chi connectivity index (χ3v) is 6.77. The molecule has 0 bridgehead atoms. The number of rotatable bonds is 6. The topological polar surface area (TPSA) is 58.4 Å². The summed E-state index contributed by atoms with van der Waals surface area (Å²) >= 11 is 7.42. The lowest BCUT2D eigenvalue weighted by atomic mass is 9.82. The van der Waals surface area contributed by atoms with E-state index in [1.165, 1.54) is 5.71 Å². The number of nitrogens with one attached hydrogen (secondary N) is 2. The summed E-state index contributed by atoms with van der Waals surface area (Å²) in [4.78, 5) is 17.1. The highest BCUT2D eigenvalue weighted by Gasteiger charge is 2.34. The van der Waals surface area contributed by atoms with Gasteiger partial charge < -0.3 is 10.7 Å². The van der Waals surface area contributed by atoms with Gasteiger partial charge in [-0.15, -0.1) is 0 Å². The number of para-hydroxylation sites is 1. The fourth-order valence-corrected chi connectivity index (χ4v) is 5.84. The van der Waals surface area contributed by atoms with Crippen LogP contribution in [0.4, 0.5) is 0 Å². The second-order valence-corrected chi connectivity index (χ2v) is 9.35. The minimum absolute atomic E-state index is 0.0582. The van der Waals surface area contributed by atoms with E-state index in [4.69, 9.17) is 4.99 Å². The molecule has 28 heavy (non-hydrogen) atoms. The predicted octanol–water partition coefficient (Wildman–Crippen LogP) is 3.80. The standard InChI is InChI=1S/C21H24Br2N4O/c22-14-12-16-18(6-10-25-21(16)17(23)13-14)24-8-3-9-26-27-11-7-20(28)15-4-1-2-5-19(15)27/h1-2,4-5,7,11,13-14,16,18,24,26H,3,6,8-10,12H2. The Hall–Kier alpha value is -1.44. The van der Waals surface area contributed by atoms with Crippen LogP contribution in [0.3, 0.4) is 0 Å². The molecule has 7 heteroatoms. The van der Waals surface area contributed by atoms with Crippen LogP contribution in [0.1, 0.15) is 19.3 Å². The number of alkyl halides is 1. The summed E-state index contributed by atoms with van der Waals surface area (Å²) in [5.41, 5.74) is 5.61. The van der Waals surface area contributed by atoms with Crippen molar-refractivity contribution in [2.24, 2.45) is 10.9 Å². The van der Waals surface area contributed by atoms with Crippen molar-refractivity contribution in [3.63, 3.8) is 0 Å². The smallest absolute Gasteiger partial charge is 0.189 e. The van der Waals surface area contributed by atoms with Crippen LogP contribution in [0, 0.1) is 5.92 Å². The lowest BCUT2D eigenvalue weighted by molar-refractivity contribution is 0.377. The Morgan fingerprint density at radius 1 is 1.21 bits per heavy atom. The van der Waals surface area contributed by atoms with E-state index in [0.717, 1.165) is 54.3 Å². The minimum atomic E-state index is 0.0582. The summed E-state index contributed by atoms with van der Waals surface area (Å²) in [5.74, 6) is 0.466. The zero-order chi connectivity index (χ0) is 19.5. The molecule has 0 radical (unpaired) electrons. The van der Waals surface area contributed by atoms with Crippen LogP contribution in [0.2, 0.25) is 0 Å². The Labute approximate surface area is 181 Å². The van der Waals surface area contributed by atoms with Gasteiger partial charge in [-0.2, -0.15) is 0 Å². The number of hydrogen-bond acceptors (Lipinski definition) is 4. The van der Waals surface area contributed by atoms with Gasteiger partial charge in [-0.1, -0.05) is 34.1 Å². The summed E-state index contributed by atoms with van der Waals surface area (Å²) in [7, 11) is 0. The van der Waals surface area contributed by atoms with Gasteiger partial charge in [0.25, 0.3) is 0 Å². The second kappa shape index (κ2) is 8.93. The predicted molar refractivity (Wildman–Crippen MR) is 124 cm³/mol. The molecular formula is C21H24Br2N4O. The van der Waals surface area contributed by atoms with Gasteiger partial charge >= 0.3 is 0 Å². The first-order valence-corrected chi connectivity index (χ1v) is 11.5. The second-order valence-electron chi connectivity index (χ2n) is 7.32. The molecule has 2 heterocycles. The highest BCUT2D eigenvalue weighted by Crippen LogP contribution is 2.34. The highest BCUT2D eigenvalue weighted by molar-refractivity contribution is 9.12. The van der Waals surface area contributed by atoms with Crippen molar-refractivity contribution in [1.82, 2.24) is 9.99 Å². The first-order chi connectivity index (χ1) is 13.6. The Morgan fingerprint density at radius 3 is 2.96 bits per heavy atom. The highest BCUT2D eigenvalue weighted by atomic mass is 79.9. The molecule has 2 aliphatic rings. The van der Waals surface area contributed by atoms with Crippen molar-refractivity contribution < 1.29 is 0 Å². The summed E-state index contributed by atoms with van der Waals surface area (Å²) < 4.78 is 3.09. The summed E-state index contributed by atoms with van der Waals surface area (Å²) in [5, 5.41) is 4.49. The third kappa shape index (κ3) is 4.26. The average molecular weight is 508 g/mol. The number of pyridine rings is 1. The van der Waals surface area contributed by atoms with Crippen molar-refractivity contribution in [2.45, 2.75) is 30.1 Å². The zero-order valence-corrected chi connectivity index (χ0v) is 18.7. The van der Waals surface area contributed by atoms with Crippen molar-refractivity contribution in [3.8, 4) is 0 Å². The molecule has 0 saturated heterocycles. The average Bonchev–Trinajstić information content (AvgIpc) is 2.70. The Bertz CT molecular complexity index is 968. The number of aliphatic imine (C=N–C) groups is 1. The van der Waals surface area contributed by atoms with Crippen molar-refractivity contribution in [3.05, 3.63) is 57.3 Å². The summed E-state index contributed by atoms with van der Waals surface area (Å²) in [6.07, 6.45) is 7.20. The number of benzene rings is 1. The number of halogens is 2. The van der Waals surface area contributed by atoms with E-state index in [0.29, 0.717) is 16.8 Å². The van der Waals surface area contributed by atoms with Gasteiger partial charge in [0.05, 0.1) is 11.2 Å². The van der Waals surface area contributed by atoms with Crippen LogP contribution in [-0.4, -0.2) is 40.9 Å². The monoisotopic (exact) mass is 506 g/mol. The van der Waals surface area contributed by atoms with E-state index in [1.807, 2.05) is 35.1 Å². The number of aromatic nitrogens is 1. The van der Waals surface area contributed by atoms with Crippen LogP contribution >= 0.6 is 31.9 Å². The van der Waals surface area contributed by atoms with Crippen molar-refractivity contribution in [1.29, 1.82) is 0 Å². The van der Waals surface area contributed by atoms with E-state index in [9.17, 15) is 4.79 Å². The van der Waals surface area contributed by atoms with Gasteiger partial charge in [-0.3, -0.25) is 14.5 Å². The van der Waals surface area contributed by atoms with Crippen LogP contribution in [-0.2, 0) is 0 Å². The van der Waals surface area contributed by atoms with Crippen LogP contribution in [0.5, 0.6) is 0 Å². The zero-order valence-electron chi connectivity index (χ0n) is 15.6. The largest absolute Gasteiger partial charge is 0.326 e. The molecule has 0 amide bonds. The maximum Gasteiger partial charge on any atom is 0.189 e. The van der Waals surface area contributed by atoms with E-state index in [2.05, 4.69) is 48.7 Å². The molecular weight excluding hydrogens is 484 g/mol. The SMILES string of the molecule is O=c1ccn(NCCCNC2CCN=C3C(Br)=CC(Br)CC32)c2ccccc12. The molecule has 0 fully saturated rings. The van der Waals surface area contributed by atoms with Crippen LogP contribution in [0.15, 0.2) is 56.9 Å². The number of nitrogens with zero attached hydrogens (tertiary/aromatic N) is 2. The molecule has 2 N–H and O–H groups in total. The maximum atomic E-state index is 12.0. The van der Waals surface area contributed by atoms with Gasteiger partial charge in [-0.25, -0.2) is 0 Å². The quantitative estimate of drug-likeness (QED) is 0.462. The Morgan fingerprint density at radius 2 is 2.07 bits per heavy atom. The number of allylic oxidation sites excluding steroid dienone is 2. The van der Waals surface area contributed by atoms with Gasteiger partial charge in [0.2, 0.25) is 0 Å². The molecule has 1 aliphatic heterocycles. The molecule has 3 atom stereocenters. The first kappa shape index (κ1) is 19.9. The lowest BCUT2D eigenvalue weighted by Crippen LogP contribution is -2.46. The van der Waals surface area contributed by atoms with E-state index in [-0.39, 0.29) is 5.43 Å². The number of fused-ring (bicyclic) bond motifs is 2. The van der Waals surface area contributed by atoms with Crippen molar-refractivity contribution in [2.75, 3.05) is 25.1 Å². The Balaban J connectivity index is 1.30. The maximum absolute atomic E-state index is 12.0. The van der Waals surface area contributed by atoms with E-state index < -0.39 is 0 Å². The van der Waals surface area contributed by atoms with Gasteiger partial charge in [-0.05, 0) is 53.9 Å². The molecule has 3 unspecified atom stereocenters. The van der Waals surface area contributed by atoms with Crippen molar-refractivity contribution >= 4 is 48.5 Å². The third-order valence-electron chi connectivity index (χ3n) is 5.46. The molecule has 1 aliphatic carbocycles. The molecule has 0 spiro atoms. The first-order valence-electron chi connectivity index (χ1n) is 9.77. The fraction of sp³-hybridized carbons (Fsp3) is 0.429. The van der Waals surface area contributed by atoms with E-state index >= 15 is 0 Å². The molecule has 1 aromatic carbocycles. The lowest BCUT2D eigenvalue weighted by Gasteiger charge is -2.36. The number of hydrogen-bond donors (Lipinski definition) is 2.